The second-order valence-electron chi connectivity index (χ2n) is 6.41. The van der Waals surface area contributed by atoms with Crippen molar-refractivity contribution in [1.82, 2.24) is 19.8 Å². The van der Waals surface area contributed by atoms with E-state index < -0.39 is 0 Å². The van der Waals surface area contributed by atoms with E-state index in [4.69, 9.17) is 9.47 Å². The summed E-state index contributed by atoms with van der Waals surface area (Å²) in [4.78, 5) is 18.7. The highest BCUT2D eigenvalue weighted by molar-refractivity contribution is 7.99. The van der Waals surface area contributed by atoms with Gasteiger partial charge in [0.25, 0.3) is 0 Å². The smallest absolute Gasteiger partial charge is 0.317 e. The van der Waals surface area contributed by atoms with Crippen LogP contribution in [0, 0.1) is 0 Å². The van der Waals surface area contributed by atoms with Crippen molar-refractivity contribution >= 4 is 17.8 Å². The normalized spacial score (nSPS) is 16.1. The summed E-state index contributed by atoms with van der Waals surface area (Å²) in [5.41, 5.74) is 1.89. The second kappa shape index (κ2) is 7.11. The molecule has 0 radical (unpaired) electrons. The van der Waals surface area contributed by atoms with Crippen LogP contribution in [-0.4, -0.2) is 46.5 Å². The molecule has 0 saturated heterocycles. The van der Waals surface area contributed by atoms with Gasteiger partial charge in [0.1, 0.15) is 13.2 Å². The van der Waals surface area contributed by atoms with Crippen LogP contribution in [0.15, 0.2) is 29.6 Å². The van der Waals surface area contributed by atoms with Crippen LogP contribution in [0.1, 0.15) is 24.2 Å². The minimum absolute atomic E-state index is 0.0895. The fourth-order valence-corrected chi connectivity index (χ4v) is 4.02. The summed E-state index contributed by atoms with van der Waals surface area (Å²) in [6, 6.07) is 5.59. The van der Waals surface area contributed by atoms with Crippen LogP contribution in [0.3, 0.4) is 0 Å². The first-order valence-corrected chi connectivity index (χ1v) is 9.69. The Labute approximate surface area is 156 Å². The maximum absolute atomic E-state index is 12.5. The highest BCUT2D eigenvalue weighted by Gasteiger charge is 2.21. The van der Waals surface area contributed by atoms with E-state index >= 15 is 0 Å². The molecule has 1 N–H and O–H groups in total. The van der Waals surface area contributed by atoms with Crippen LogP contribution in [0.2, 0.25) is 0 Å². The van der Waals surface area contributed by atoms with Crippen LogP contribution in [0.25, 0.3) is 0 Å². The Balaban J connectivity index is 1.37. The third-order valence-electron chi connectivity index (χ3n) is 4.72. The van der Waals surface area contributed by atoms with E-state index in [-0.39, 0.29) is 12.1 Å². The molecular formula is C18H22N4O3S. The Morgan fingerprint density at radius 2 is 2.19 bits per heavy atom. The fraction of sp³-hybridized carbons (Fsp3) is 0.444. The van der Waals surface area contributed by atoms with Gasteiger partial charge in [0.2, 0.25) is 0 Å². The van der Waals surface area contributed by atoms with Crippen molar-refractivity contribution in [3.63, 3.8) is 0 Å². The van der Waals surface area contributed by atoms with Crippen molar-refractivity contribution in [2.45, 2.75) is 31.2 Å². The average Bonchev–Trinajstić information content (AvgIpc) is 3.26. The first-order valence-electron chi connectivity index (χ1n) is 8.71. The van der Waals surface area contributed by atoms with Crippen LogP contribution < -0.4 is 14.8 Å². The molecule has 26 heavy (non-hydrogen) atoms. The Bertz CT molecular complexity index is 801. The van der Waals surface area contributed by atoms with Gasteiger partial charge in [-0.05, 0) is 24.6 Å². The molecule has 3 heterocycles. The fourth-order valence-electron chi connectivity index (χ4n) is 3.06. The first kappa shape index (κ1) is 17.1. The number of rotatable bonds is 4. The molecule has 0 spiro atoms. The van der Waals surface area contributed by atoms with E-state index in [1.165, 1.54) is 0 Å². The van der Waals surface area contributed by atoms with Gasteiger partial charge < -0.3 is 24.3 Å². The summed E-state index contributed by atoms with van der Waals surface area (Å²) in [6.07, 6.45) is 2.01. The van der Waals surface area contributed by atoms with E-state index in [0.717, 1.165) is 40.2 Å². The molecule has 138 valence electrons. The van der Waals surface area contributed by atoms with Crippen LogP contribution in [0.5, 0.6) is 11.5 Å². The predicted molar refractivity (Wildman–Crippen MR) is 98.8 cm³/mol. The minimum Gasteiger partial charge on any atom is -0.486 e. The molecular weight excluding hydrogens is 352 g/mol. The summed E-state index contributed by atoms with van der Waals surface area (Å²) in [7, 11) is 1.79. The number of imidazole rings is 1. The molecule has 4 rings (SSSR count). The van der Waals surface area contributed by atoms with Gasteiger partial charge in [-0.1, -0.05) is 17.8 Å². The van der Waals surface area contributed by atoms with Gasteiger partial charge in [-0.2, -0.15) is 0 Å². The lowest BCUT2D eigenvalue weighted by molar-refractivity contribution is 0.170. The SMILES string of the molecule is CC(c1ccc2c(c1)OCCO2)N(C)C(=O)NCc1cn2c(n1)SCC2. The summed E-state index contributed by atoms with van der Waals surface area (Å²) in [5, 5.41) is 3.98. The average molecular weight is 374 g/mol. The maximum Gasteiger partial charge on any atom is 0.317 e. The Kier molecular flexibility index (Phi) is 4.67. The van der Waals surface area contributed by atoms with Crippen molar-refractivity contribution < 1.29 is 14.3 Å². The standard InChI is InChI=1S/C18H22N4O3S/c1-12(13-3-4-15-16(9-13)25-7-6-24-15)21(2)17(23)19-10-14-11-22-5-8-26-18(22)20-14/h3-4,9,11-12H,5-8,10H2,1-2H3,(H,19,23). The molecule has 0 bridgehead atoms. The van der Waals surface area contributed by atoms with Gasteiger partial charge in [0.05, 0.1) is 18.3 Å². The topological polar surface area (TPSA) is 68.6 Å². The zero-order valence-corrected chi connectivity index (χ0v) is 15.7. The molecule has 2 aliphatic heterocycles. The number of aromatic nitrogens is 2. The molecule has 7 nitrogen and oxygen atoms in total. The number of hydrogen-bond donors (Lipinski definition) is 1. The summed E-state index contributed by atoms with van der Waals surface area (Å²) in [5.74, 6) is 2.56. The zero-order chi connectivity index (χ0) is 18.1. The molecule has 1 aromatic heterocycles. The highest BCUT2D eigenvalue weighted by atomic mass is 32.2. The van der Waals surface area contributed by atoms with Gasteiger partial charge in [-0.3, -0.25) is 0 Å². The van der Waals surface area contributed by atoms with Crippen LogP contribution in [0.4, 0.5) is 4.79 Å². The zero-order valence-electron chi connectivity index (χ0n) is 14.9. The van der Waals surface area contributed by atoms with Gasteiger partial charge in [0, 0.05) is 25.5 Å². The molecule has 2 aliphatic rings. The number of hydrogen-bond acceptors (Lipinski definition) is 5. The largest absolute Gasteiger partial charge is 0.486 e. The molecule has 0 aliphatic carbocycles. The number of thioether (sulfide) groups is 1. The third-order valence-corrected chi connectivity index (χ3v) is 5.69. The minimum atomic E-state index is -0.131. The van der Waals surface area contributed by atoms with Gasteiger partial charge >= 0.3 is 6.03 Å². The van der Waals surface area contributed by atoms with E-state index in [1.807, 2.05) is 31.3 Å². The lowest BCUT2D eigenvalue weighted by Gasteiger charge is -2.27. The predicted octanol–water partition coefficient (Wildman–Crippen LogP) is 2.66. The number of carbonyl (C=O) groups is 1. The molecule has 0 fully saturated rings. The van der Waals surface area contributed by atoms with Crippen molar-refractivity contribution in [3.8, 4) is 11.5 Å². The van der Waals surface area contributed by atoms with Gasteiger partial charge in [-0.15, -0.1) is 0 Å². The number of fused-ring (bicyclic) bond motifs is 2. The highest BCUT2D eigenvalue weighted by Crippen LogP contribution is 2.33. The van der Waals surface area contributed by atoms with Crippen LogP contribution >= 0.6 is 11.8 Å². The number of nitrogens with one attached hydrogen (secondary N) is 1. The molecule has 8 heteroatoms. The number of carbonyl (C=O) groups excluding carboxylic acids is 1. The van der Waals surface area contributed by atoms with E-state index in [0.29, 0.717) is 19.8 Å². The number of aryl methyl sites for hydroxylation is 1. The monoisotopic (exact) mass is 374 g/mol. The quantitative estimate of drug-likeness (QED) is 0.891. The van der Waals surface area contributed by atoms with Crippen molar-refractivity contribution in [2.24, 2.45) is 0 Å². The first-order chi connectivity index (χ1) is 12.6. The second-order valence-corrected chi connectivity index (χ2v) is 7.47. The van der Waals surface area contributed by atoms with Crippen molar-refractivity contribution in [2.75, 3.05) is 26.0 Å². The Morgan fingerprint density at radius 3 is 3.00 bits per heavy atom. The lowest BCUT2D eigenvalue weighted by atomic mass is 10.1. The number of nitrogens with zero attached hydrogens (tertiary/aromatic N) is 3. The van der Waals surface area contributed by atoms with Crippen molar-refractivity contribution in [3.05, 3.63) is 35.7 Å². The van der Waals surface area contributed by atoms with Crippen molar-refractivity contribution in [1.29, 1.82) is 0 Å². The maximum atomic E-state index is 12.5. The van der Waals surface area contributed by atoms with E-state index in [2.05, 4.69) is 14.9 Å². The number of amides is 2. The number of ether oxygens (including phenoxy) is 2. The molecule has 1 unspecified atom stereocenters. The summed E-state index contributed by atoms with van der Waals surface area (Å²) < 4.78 is 13.3. The molecule has 0 saturated carbocycles. The number of benzene rings is 1. The van der Waals surface area contributed by atoms with E-state index in [9.17, 15) is 4.79 Å². The molecule has 2 aromatic rings. The van der Waals surface area contributed by atoms with Gasteiger partial charge in [0.15, 0.2) is 16.7 Å². The lowest BCUT2D eigenvalue weighted by Crippen LogP contribution is -2.38. The summed E-state index contributed by atoms with van der Waals surface area (Å²) >= 11 is 1.75. The van der Waals surface area contributed by atoms with Gasteiger partial charge in [-0.25, -0.2) is 9.78 Å². The molecule has 2 amide bonds. The molecule has 1 atom stereocenters. The number of urea groups is 1. The Hall–Kier alpha value is -2.35. The van der Waals surface area contributed by atoms with E-state index in [1.54, 1.807) is 23.7 Å². The Morgan fingerprint density at radius 1 is 1.38 bits per heavy atom. The molecule has 1 aromatic carbocycles. The summed E-state index contributed by atoms with van der Waals surface area (Å²) in [6.45, 7) is 4.53. The van der Waals surface area contributed by atoms with Crippen LogP contribution in [-0.2, 0) is 13.1 Å². The third kappa shape index (κ3) is 3.33.